The van der Waals surface area contributed by atoms with Gasteiger partial charge in [0.15, 0.2) is 0 Å². The van der Waals surface area contributed by atoms with E-state index in [1.807, 2.05) is 32.0 Å². The number of ether oxygens (including phenoxy) is 2. The molecule has 2 rings (SSSR count). The number of amides is 1. The molecule has 7 heteroatoms. The van der Waals surface area contributed by atoms with Crippen LogP contribution in [0, 0.1) is 12.8 Å². The van der Waals surface area contributed by atoms with E-state index in [2.05, 4.69) is 23.8 Å². The van der Waals surface area contributed by atoms with Gasteiger partial charge in [0, 0.05) is 17.2 Å². The van der Waals surface area contributed by atoms with Crippen molar-refractivity contribution in [3.05, 3.63) is 36.2 Å². The van der Waals surface area contributed by atoms with Crippen LogP contribution in [-0.4, -0.2) is 28.2 Å². The van der Waals surface area contributed by atoms with E-state index in [0.29, 0.717) is 18.2 Å². The number of primary amides is 1. The first-order chi connectivity index (χ1) is 12.2. The fraction of sp³-hybridized carbons (Fsp3) is 0.421. The zero-order chi connectivity index (χ0) is 19.3. The van der Waals surface area contributed by atoms with E-state index in [9.17, 15) is 4.79 Å². The Balaban J connectivity index is 2.13. The van der Waals surface area contributed by atoms with Crippen molar-refractivity contribution in [1.82, 2.24) is 9.97 Å². The monoisotopic (exact) mass is 358 g/mol. The van der Waals surface area contributed by atoms with Gasteiger partial charge in [-0.25, -0.2) is 14.8 Å². The first kappa shape index (κ1) is 19.7. The van der Waals surface area contributed by atoms with Crippen molar-refractivity contribution in [2.75, 3.05) is 6.61 Å². The van der Waals surface area contributed by atoms with Crippen molar-refractivity contribution in [2.24, 2.45) is 17.4 Å². The third-order valence-corrected chi connectivity index (χ3v) is 3.75. The minimum Gasteiger partial charge on any atom is -0.491 e. The van der Waals surface area contributed by atoms with E-state index < -0.39 is 6.09 Å². The van der Waals surface area contributed by atoms with Crippen LogP contribution in [0.3, 0.4) is 0 Å². The standard InChI is InChI=1S/C19H26N4O3/c1-12(2)9-19(4,21)10-25-16-6-5-14(7-13(16)3)15-8-17(23-11-22-15)26-18(20)24/h5-8,11-12H,9-10,21H2,1-4H3,(H2,20,24). The lowest BCUT2D eigenvalue weighted by Crippen LogP contribution is -2.43. The van der Waals surface area contributed by atoms with Gasteiger partial charge in [0.1, 0.15) is 18.7 Å². The lowest BCUT2D eigenvalue weighted by atomic mass is 9.93. The SMILES string of the molecule is Cc1cc(-c2cc(OC(N)=O)ncn2)ccc1OCC(C)(N)CC(C)C. The molecule has 2 aromatic rings. The second-order valence-corrected chi connectivity index (χ2v) is 7.18. The highest BCUT2D eigenvalue weighted by atomic mass is 16.6. The minimum atomic E-state index is -0.916. The average Bonchev–Trinajstić information content (AvgIpc) is 2.52. The van der Waals surface area contributed by atoms with Gasteiger partial charge in [-0.05, 0) is 49.9 Å². The zero-order valence-electron chi connectivity index (χ0n) is 15.7. The molecule has 0 saturated carbocycles. The van der Waals surface area contributed by atoms with Crippen molar-refractivity contribution in [2.45, 2.75) is 39.7 Å². The lowest BCUT2D eigenvalue weighted by Gasteiger charge is -2.27. The fourth-order valence-corrected chi connectivity index (χ4v) is 2.86. The second-order valence-electron chi connectivity index (χ2n) is 7.18. The van der Waals surface area contributed by atoms with Crippen LogP contribution >= 0.6 is 0 Å². The molecule has 0 aliphatic rings. The normalized spacial score (nSPS) is 13.3. The summed E-state index contributed by atoms with van der Waals surface area (Å²) >= 11 is 0. The third-order valence-electron chi connectivity index (χ3n) is 3.75. The van der Waals surface area contributed by atoms with Gasteiger partial charge in [-0.2, -0.15) is 0 Å². The molecule has 140 valence electrons. The smallest absolute Gasteiger partial charge is 0.411 e. The van der Waals surface area contributed by atoms with Gasteiger partial charge in [-0.3, -0.25) is 0 Å². The molecule has 0 aliphatic carbocycles. The quantitative estimate of drug-likeness (QED) is 0.786. The molecule has 0 fully saturated rings. The maximum atomic E-state index is 10.8. The summed E-state index contributed by atoms with van der Waals surface area (Å²) in [5, 5.41) is 0. The highest BCUT2D eigenvalue weighted by Gasteiger charge is 2.21. The van der Waals surface area contributed by atoms with Crippen LogP contribution in [0.15, 0.2) is 30.6 Å². The summed E-state index contributed by atoms with van der Waals surface area (Å²) in [4.78, 5) is 18.9. The Bertz CT molecular complexity index is 775. The predicted molar refractivity (Wildman–Crippen MR) is 100.0 cm³/mol. The van der Waals surface area contributed by atoms with Crippen LogP contribution < -0.4 is 20.9 Å². The summed E-state index contributed by atoms with van der Waals surface area (Å²) in [5.74, 6) is 1.39. The van der Waals surface area contributed by atoms with E-state index in [1.54, 1.807) is 6.07 Å². The number of hydrogen-bond acceptors (Lipinski definition) is 6. The van der Waals surface area contributed by atoms with Crippen molar-refractivity contribution >= 4 is 6.09 Å². The van der Waals surface area contributed by atoms with Crippen molar-refractivity contribution in [3.8, 4) is 22.9 Å². The van der Waals surface area contributed by atoms with Crippen LogP contribution in [0.1, 0.15) is 32.8 Å². The Hall–Kier alpha value is -2.67. The van der Waals surface area contributed by atoms with Crippen LogP contribution in [0.2, 0.25) is 0 Å². The first-order valence-electron chi connectivity index (χ1n) is 8.48. The predicted octanol–water partition coefficient (Wildman–Crippen LogP) is 3.05. The van der Waals surface area contributed by atoms with E-state index in [1.165, 1.54) is 6.33 Å². The number of hydrogen-bond donors (Lipinski definition) is 2. The van der Waals surface area contributed by atoms with Gasteiger partial charge in [0.2, 0.25) is 5.88 Å². The Morgan fingerprint density at radius 2 is 2.00 bits per heavy atom. The fourth-order valence-electron chi connectivity index (χ4n) is 2.86. The van der Waals surface area contributed by atoms with Gasteiger partial charge in [-0.15, -0.1) is 0 Å². The summed E-state index contributed by atoms with van der Waals surface area (Å²) < 4.78 is 10.7. The average molecular weight is 358 g/mol. The number of carbonyl (C=O) groups excluding carboxylic acids is 1. The molecule has 0 bridgehead atoms. The first-order valence-corrected chi connectivity index (χ1v) is 8.48. The number of rotatable bonds is 7. The molecular weight excluding hydrogens is 332 g/mol. The number of carbonyl (C=O) groups is 1. The Labute approximate surface area is 153 Å². The molecule has 0 radical (unpaired) electrons. The van der Waals surface area contributed by atoms with Crippen molar-refractivity contribution in [3.63, 3.8) is 0 Å². The van der Waals surface area contributed by atoms with Crippen LogP contribution in [-0.2, 0) is 0 Å². The third kappa shape index (κ3) is 5.70. The lowest BCUT2D eigenvalue weighted by molar-refractivity contribution is 0.206. The van der Waals surface area contributed by atoms with E-state index >= 15 is 0 Å². The van der Waals surface area contributed by atoms with Gasteiger partial charge >= 0.3 is 6.09 Å². The maximum Gasteiger partial charge on any atom is 0.411 e. The summed E-state index contributed by atoms with van der Waals surface area (Å²) in [6.45, 7) is 8.68. The number of nitrogens with zero attached hydrogens (tertiary/aromatic N) is 2. The van der Waals surface area contributed by atoms with Gasteiger partial charge in [0.25, 0.3) is 0 Å². The Morgan fingerprint density at radius 1 is 1.27 bits per heavy atom. The van der Waals surface area contributed by atoms with Crippen molar-refractivity contribution < 1.29 is 14.3 Å². The van der Waals surface area contributed by atoms with Gasteiger partial charge in [0.05, 0.1) is 5.69 Å². The van der Waals surface area contributed by atoms with Crippen LogP contribution in [0.5, 0.6) is 11.6 Å². The van der Waals surface area contributed by atoms with Gasteiger partial charge < -0.3 is 20.9 Å². The minimum absolute atomic E-state index is 0.105. The van der Waals surface area contributed by atoms with E-state index in [4.69, 9.17) is 20.9 Å². The van der Waals surface area contributed by atoms with Crippen molar-refractivity contribution in [1.29, 1.82) is 0 Å². The molecule has 1 amide bonds. The summed E-state index contributed by atoms with van der Waals surface area (Å²) in [5.41, 5.74) is 13.4. The molecule has 0 aliphatic heterocycles. The number of nitrogens with two attached hydrogens (primary N) is 2. The molecule has 0 spiro atoms. The number of aromatic nitrogens is 2. The summed E-state index contributed by atoms with van der Waals surface area (Å²) in [6.07, 6.45) is 1.29. The summed E-state index contributed by atoms with van der Waals surface area (Å²) in [6, 6.07) is 7.27. The number of benzene rings is 1. The second kappa shape index (κ2) is 8.14. The van der Waals surface area contributed by atoms with E-state index in [0.717, 1.165) is 23.3 Å². The highest BCUT2D eigenvalue weighted by Crippen LogP contribution is 2.27. The topological polar surface area (TPSA) is 113 Å². The van der Waals surface area contributed by atoms with Crippen LogP contribution in [0.25, 0.3) is 11.3 Å². The molecule has 1 aromatic carbocycles. The molecule has 4 N–H and O–H groups in total. The molecule has 1 heterocycles. The highest BCUT2D eigenvalue weighted by molar-refractivity contribution is 5.68. The maximum absolute atomic E-state index is 10.8. The number of aryl methyl sites for hydroxylation is 1. The molecule has 26 heavy (non-hydrogen) atoms. The Morgan fingerprint density at radius 3 is 2.62 bits per heavy atom. The molecule has 1 unspecified atom stereocenters. The van der Waals surface area contributed by atoms with E-state index in [-0.39, 0.29) is 11.4 Å². The molecule has 7 nitrogen and oxygen atoms in total. The zero-order valence-corrected chi connectivity index (χ0v) is 15.7. The van der Waals surface area contributed by atoms with Crippen LogP contribution in [0.4, 0.5) is 4.79 Å². The molecule has 0 saturated heterocycles. The molecular formula is C19H26N4O3. The molecule has 1 aromatic heterocycles. The largest absolute Gasteiger partial charge is 0.491 e. The summed E-state index contributed by atoms with van der Waals surface area (Å²) in [7, 11) is 0. The Kier molecular flexibility index (Phi) is 6.15. The molecule has 1 atom stereocenters. The van der Waals surface area contributed by atoms with Gasteiger partial charge in [-0.1, -0.05) is 13.8 Å².